The Kier molecular flexibility index (Phi) is 6.70. The Morgan fingerprint density at radius 3 is 2.24 bits per heavy atom. The largest absolute Gasteiger partial charge is 0.368 e. The van der Waals surface area contributed by atoms with E-state index in [1.165, 1.54) is 18.1 Å². The molecule has 7 heteroatoms. The van der Waals surface area contributed by atoms with Gasteiger partial charge >= 0.3 is 0 Å². The fraction of sp³-hybridized carbons (Fsp3) is 0.455. The van der Waals surface area contributed by atoms with Crippen molar-refractivity contribution in [3.05, 3.63) is 57.6 Å². The van der Waals surface area contributed by atoms with Crippen LogP contribution in [0.25, 0.3) is 0 Å². The maximum absolute atomic E-state index is 13.2. The van der Waals surface area contributed by atoms with E-state index in [1.807, 2.05) is 13.8 Å². The normalized spacial score (nSPS) is 17.2. The average molecular weight is 417 g/mol. The second-order valence-electron chi connectivity index (χ2n) is 7.31. The molecule has 0 atom stereocenters. The number of hydrogen-bond donors (Lipinski definition) is 1. The molecule has 2 aliphatic carbocycles. The minimum absolute atomic E-state index is 0.0249. The summed E-state index contributed by atoms with van der Waals surface area (Å²) >= 11 is 0. The number of likely N-dealkylation sites (N-methyl/N-ethyl adjacent to an activating group) is 1. The fourth-order valence-corrected chi connectivity index (χ4v) is 5.31. The van der Waals surface area contributed by atoms with Crippen molar-refractivity contribution in [1.82, 2.24) is 9.62 Å². The van der Waals surface area contributed by atoms with Crippen molar-refractivity contribution in [1.29, 1.82) is 0 Å². The van der Waals surface area contributed by atoms with Gasteiger partial charge in [-0.2, -0.15) is 0 Å². The Morgan fingerprint density at radius 1 is 1.00 bits per heavy atom. The van der Waals surface area contributed by atoms with Gasteiger partial charge in [-0.3, -0.25) is 9.59 Å². The number of hydrogen-bond acceptors (Lipinski definition) is 5. The molecule has 0 fully saturated rings. The molecule has 3 rings (SSSR count). The molecule has 0 saturated heterocycles. The summed E-state index contributed by atoms with van der Waals surface area (Å²) in [6, 6.07) is 6.40. The van der Waals surface area contributed by atoms with Gasteiger partial charge in [0.2, 0.25) is 21.6 Å². The molecule has 6 nitrogen and oxygen atoms in total. The Morgan fingerprint density at radius 2 is 1.66 bits per heavy atom. The summed E-state index contributed by atoms with van der Waals surface area (Å²) in [7, 11) is -4.13. The molecule has 0 spiro atoms. The van der Waals surface area contributed by atoms with Crippen LogP contribution in [0.3, 0.4) is 0 Å². The number of benzene rings is 1. The van der Waals surface area contributed by atoms with Crippen molar-refractivity contribution in [2.24, 2.45) is 0 Å². The first kappa shape index (κ1) is 21.5. The van der Waals surface area contributed by atoms with E-state index in [2.05, 4.69) is 10.8 Å². The topological polar surface area (TPSA) is 83.6 Å². The molecule has 0 unspecified atom stereocenters. The zero-order chi connectivity index (χ0) is 21.0. The van der Waals surface area contributed by atoms with Crippen LogP contribution < -0.4 is 4.72 Å². The summed E-state index contributed by atoms with van der Waals surface area (Å²) in [6.07, 6.45) is 7.10. The van der Waals surface area contributed by atoms with Crippen molar-refractivity contribution in [2.45, 2.75) is 46.0 Å². The van der Waals surface area contributed by atoms with Crippen LogP contribution in [0.2, 0.25) is 0 Å². The first-order valence-electron chi connectivity index (χ1n) is 10.3. The molecule has 2 aliphatic rings. The van der Waals surface area contributed by atoms with Gasteiger partial charge < -0.3 is 4.90 Å². The number of fused-ring (bicyclic) bond motifs is 1. The van der Waals surface area contributed by atoms with E-state index < -0.39 is 26.5 Å². The van der Waals surface area contributed by atoms with Crippen LogP contribution in [0.4, 0.5) is 0 Å². The van der Waals surface area contributed by atoms with E-state index in [9.17, 15) is 18.0 Å². The van der Waals surface area contributed by atoms with Gasteiger partial charge in [0.05, 0.1) is 0 Å². The quantitative estimate of drug-likeness (QED) is 0.657. The number of carbonyl (C=O) groups excluding carboxylic acids is 2. The number of Topliss-reactive ketones (excluding diaryl/α,β-unsaturated/α-hetero) is 2. The second-order valence-corrected chi connectivity index (χ2v) is 9.01. The molecule has 0 amide bonds. The minimum atomic E-state index is -4.13. The van der Waals surface area contributed by atoms with Crippen LogP contribution in [0.5, 0.6) is 0 Å². The van der Waals surface area contributed by atoms with Crippen LogP contribution >= 0.6 is 0 Å². The average Bonchev–Trinajstić information content (AvgIpc) is 2.73. The lowest BCUT2D eigenvalue weighted by Gasteiger charge is -2.29. The third-order valence-corrected chi connectivity index (χ3v) is 7.02. The number of ketones is 2. The molecule has 0 heterocycles. The van der Waals surface area contributed by atoms with Crippen LogP contribution in [0, 0.1) is 0 Å². The standard InChI is InChI=1S/C22H28N2O4S/c1-3-24(4-2)19-20(25)17-12-8-9-13-18(17)21(26)22(19)29(27,28)23-15-14-16-10-6-5-7-11-16/h8-10,12-13,23H,3-7,11,14-15H2,1-2H3. The van der Waals surface area contributed by atoms with Gasteiger partial charge in [0.1, 0.15) is 5.70 Å². The molecule has 1 aromatic rings. The minimum Gasteiger partial charge on any atom is -0.368 e. The molecule has 0 aliphatic heterocycles. The van der Waals surface area contributed by atoms with Gasteiger partial charge in [-0.05, 0) is 46.0 Å². The van der Waals surface area contributed by atoms with Gasteiger partial charge in [-0.15, -0.1) is 0 Å². The van der Waals surface area contributed by atoms with Crippen molar-refractivity contribution in [2.75, 3.05) is 19.6 Å². The molecule has 156 valence electrons. The fourth-order valence-electron chi connectivity index (χ4n) is 3.97. The van der Waals surface area contributed by atoms with E-state index in [0.29, 0.717) is 19.5 Å². The highest BCUT2D eigenvalue weighted by atomic mass is 32.2. The lowest BCUT2D eigenvalue weighted by atomic mass is 9.92. The van der Waals surface area contributed by atoms with Gasteiger partial charge in [0.15, 0.2) is 4.91 Å². The molecular weight excluding hydrogens is 388 g/mol. The molecule has 0 radical (unpaired) electrons. The van der Waals surface area contributed by atoms with E-state index in [-0.39, 0.29) is 23.4 Å². The maximum atomic E-state index is 13.2. The number of carbonyl (C=O) groups is 2. The number of nitrogens with one attached hydrogen (secondary N) is 1. The zero-order valence-electron chi connectivity index (χ0n) is 17.0. The molecule has 0 aromatic heterocycles. The first-order chi connectivity index (χ1) is 13.9. The highest BCUT2D eigenvalue weighted by Crippen LogP contribution is 2.31. The lowest BCUT2D eigenvalue weighted by molar-refractivity contribution is 0.0949. The monoisotopic (exact) mass is 416 g/mol. The van der Waals surface area contributed by atoms with Crippen molar-refractivity contribution in [3.8, 4) is 0 Å². The van der Waals surface area contributed by atoms with E-state index >= 15 is 0 Å². The number of sulfonamides is 1. The SMILES string of the molecule is CCN(CC)C1=C(S(=O)(=O)NCCC2=CCCCC2)C(=O)c2ccccc2C1=O. The third-order valence-electron chi connectivity index (χ3n) is 5.52. The Labute approximate surface area is 172 Å². The summed E-state index contributed by atoms with van der Waals surface area (Å²) in [5.74, 6) is -1.04. The molecule has 0 saturated carbocycles. The predicted octanol–water partition coefficient (Wildman–Crippen LogP) is 3.43. The molecule has 0 bridgehead atoms. The Hall–Kier alpha value is -2.25. The van der Waals surface area contributed by atoms with E-state index in [4.69, 9.17) is 0 Å². The smallest absolute Gasteiger partial charge is 0.246 e. The summed E-state index contributed by atoms with van der Waals surface area (Å²) < 4.78 is 28.9. The van der Waals surface area contributed by atoms with Crippen LogP contribution in [0.1, 0.15) is 66.7 Å². The second kappa shape index (κ2) is 9.05. The molecular formula is C22H28N2O4S. The number of allylic oxidation sites excluding steroid dienone is 3. The Bertz CT molecular complexity index is 972. The van der Waals surface area contributed by atoms with Crippen LogP contribution in [-0.4, -0.2) is 44.5 Å². The van der Waals surface area contributed by atoms with E-state index in [1.54, 1.807) is 23.1 Å². The van der Waals surface area contributed by atoms with Crippen molar-refractivity contribution < 1.29 is 18.0 Å². The Balaban J connectivity index is 1.97. The lowest BCUT2D eigenvalue weighted by Crippen LogP contribution is -2.40. The molecule has 29 heavy (non-hydrogen) atoms. The van der Waals surface area contributed by atoms with Gasteiger partial charge in [0, 0.05) is 30.8 Å². The number of nitrogens with zero attached hydrogens (tertiary/aromatic N) is 1. The molecule has 1 aromatic carbocycles. The molecule has 1 N–H and O–H groups in total. The summed E-state index contributed by atoms with van der Waals surface area (Å²) in [5.41, 5.74) is 1.62. The predicted molar refractivity (Wildman–Crippen MR) is 113 cm³/mol. The summed E-state index contributed by atoms with van der Waals surface area (Å²) in [4.78, 5) is 27.5. The summed E-state index contributed by atoms with van der Waals surface area (Å²) in [5, 5.41) is 0. The zero-order valence-corrected chi connectivity index (χ0v) is 17.8. The number of rotatable bonds is 8. The van der Waals surface area contributed by atoms with Gasteiger partial charge in [-0.1, -0.05) is 35.9 Å². The van der Waals surface area contributed by atoms with Crippen LogP contribution in [0.15, 0.2) is 46.5 Å². The van der Waals surface area contributed by atoms with Gasteiger partial charge in [0.25, 0.3) is 0 Å². The van der Waals surface area contributed by atoms with Crippen molar-refractivity contribution >= 4 is 21.6 Å². The van der Waals surface area contributed by atoms with Gasteiger partial charge in [-0.25, -0.2) is 13.1 Å². The highest BCUT2D eigenvalue weighted by Gasteiger charge is 2.40. The summed E-state index contributed by atoms with van der Waals surface area (Å²) in [6.45, 7) is 4.74. The van der Waals surface area contributed by atoms with Crippen molar-refractivity contribution in [3.63, 3.8) is 0 Å². The highest BCUT2D eigenvalue weighted by molar-refractivity contribution is 7.94. The van der Waals surface area contributed by atoms with Crippen LogP contribution in [-0.2, 0) is 10.0 Å². The van der Waals surface area contributed by atoms with E-state index in [0.717, 1.165) is 19.3 Å². The maximum Gasteiger partial charge on any atom is 0.246 e. The third kappa shape index (κ3) is 4.36. The first-order valence-corrected chi connectivity index (χ1v) is 11.7.